The second-order valence-electron chi connectivity index (χ2n) is 5.55. The molecule has 152 valence electrons. The van der Waals surface area contributed by atoms with Crippen molar-refractivity contribution in [3.63, 3.8) is 0 Å². The van der Waals surface area contributed by atoms with E-state index in [0.717, 1.165) is 11.3 Å². The van der Waals surface area contributed by atoms with Crippen LogP contribution in [0.3, 0.4) is 0 Å². The molecule has 0 aliphatic rings. The molecule has 1 aromatic carbocycles. The third kappa shape index (κ3) is 5.46. The van der Waals surface area contributed by atoms with Crippen LogP contribution in [0.1, 0.15) is 38.1 Å². The number of esters is 2. The molecule has 0 radical (unpaired) electrons. The first-order valence-corrected chi connectivity index (χ1v) is 9.29. The summed E-state index contributed by atoms with van der Waals surface area (Å²) in [5.74, 6) is -1.25. The Bertz CT molecular complexity index is 946. The topological polar surface area (TPSA) is 141 Å². The molecular weight excluding hydrogens is 398 g/mol. The quantitative estimate of drug-likeness (QED) is 0.620. The number of amides is 1. The zero-order valence-corrected chi connectivity index (χ0v) is 16.6. The van der Waals surface area contributed by atoms with Gasteiger partial charge < -0.3 is 25.3 Å². The summed E-state index contributed by atoms with van der Waals surface area (Å²) >= 11 is 0.893. The molecule has 0 aliphatic heterocycles. The molecule has 1 amide bonds. The Hall–Kier alpha value is -3.58. The number of nitriles is 1. The van der Waals surface area contributed by atoms with E-state index in [4.69, 9.17) is 19.9 Å². The second-order valence-corrected chi connectivity index (χ2v) is 6.61. The van der Waals surface area contributed by atoms with Crippen molar-refractivity contribution in [3.8, 4) is 11.8 Å². The lowest BCUT2D eigenvalue weighted by atomic mass is 10.1. The van der Waals surface area contributed by atoms with E-state index < -0.39 is 17.8 Å². The van der Waals surface area contributed by atoms with Crippen LogP contribution in [0.2, 0.25) is 0 Å². The van der Waals surface area contributed by atoms with Gasteiger partial charge in [0, 0.05) is 11.1 Å². The molecule has 1 heterocycles. The van der Waals surface area contributed by atoms with E-state index >= 15 is 0 Å². The van der Waals surface area contributed by atoms with Crippen LogP contribution in [-0.2, 0) is 20.9 Å². The van der Waals surface area contributed by atoms with Crippen LogP contribution < -0.4 is 15.8 Å². The number of rotatable bonds is 8. The van der Waals surface area contributed by atoms with Gasteiger partial charge in [-0.1, -0.05) is 0 Å². The van der Waals surface area contributed by atoms with Gasteiger partial charge in [-0.3, -0.25) is 9.59 Å². The number of carbonyl (C=O) groups is 3. The van der Waals surface area contributed by atoms with E-state index in [1.54, 1.807) is 31.2 Å². The molecular formula is C19H19N3O6S. The summed E-state index contributed by atoms with van der Waals surface area (Å²) in [5, 5.41) is 11.8. The van der Waals surface area contributed by atoms with Gasteiger partial charge >= 0.3 is 11.9 Å². The highest BCUT2D eigenvalue weighted by molar-refractivity contribution is 7.18. The highest BCUT2D eigenvalue weighted by Gasteiger charge is 2.24. The van der Waals surface area contributed by atoms with Gasteiger partial charge in [-0.25, -0.2) is 4.79 Å². The highest BCUT2D eigenvalue weighted by atomic mass is 32.1. The van der Waals surface area contributed by atoms with Gasteiger partial charge in [0.1, 0.15) is 34.8 Å². The number of nitrogens with one attached hydrogen (secondary N) is 1. The Balaban J connectivity index is 1.97. The van der Waals surface area contributed by atoms with E-state index in [-0.39, 0.29) is 40.8 Å². The number of methoxy groups -OCH3 is 1. The number of nitrogens with two attached hydrogens (primary N) is 1. The Morgan fingerprint density at radius 2 is 1.90 bits per heavy atom. The standard InChI is InChI=1S/C19H19N3O6S/c1-3-27-19(25)16-14(13(8-20)17(21)29-16)10-28-15(23)9-22-18(24)11-4-6-12(26-2)7-5-11/h4-7H,3,9-10,21H2,1-2H3,(H,22,24). The largest absolute Gasteiger partial charge is 0.497 e. The molecule has 29 heavy (non-hydrogen) atoms. The number of anilines is 1. The van der Waals surface area contributed by atoms with Crippen molar-refractivity contribution in [1.82, 2.24) is 5.32 Å². The maximum Gasteiger partial charge on any atom is 0.348 e. The maximum atomic E-state index is 12.1. The minimum absolute atomic E-state index is 0.0631. The molecule has 0 fully saturated rings. The van der Waals surface area contributed by atoms with Gasteiger partial charge in [0.25, 0.3) is 5.91 Å². The molecule has 0 saturated carbocycles. The fourth-order valence-electron chi connectivity index (χ4n) is 2.31. The summed E-state index contributed by atoms with van der Waals surface area (Å²) in [5.41, 5.74) is 6.35. The molecule has 10 heteroatoms. The maximum absolute atomic E-state index is 12.1. The lowest BCUT2D eigenvalue weighted by Crippen LogP contribution is -2.30. The second kappa shape index (κ2) is 10.1. The third-order valence-electron chi connectivity index (χ3n) is 3.73. The van der Waals surface area contributed by atoms with Crippen LogP contribution in [-0.4, -0.2) is 38.1 Å². The Morgan fingerprint density at radius 1 is 1.21 bits per heavy atom. The number of nitrogens with zero attached hydrogens (tertiary/aromatic N) is 1. The number of benzene rings is 1. The minimum atomic E-state index is -0.740. The smallest absolute Gasteiger partial charge is 0.348 e. The molecule has 0 bridgehead atoms. The number of hydrogen-bond donors (Lipinski definition) is 2. The van der Waals surface area contributed by atoms with E-state index in [1.807, 2.05) is 6.07 Å². The summed E-state index contributed by atoms with van der Waals surface area (Å²) in [7, 11) is 1.51. The van der Waals surface area contributed by atoms with Crippen LogP contribution in [0.15, 0.2) is 24.3 Å². The van der Waals surface area contributed by atoms with Crippen LogP contribution in [0.25, 0.3) is 0 Å². The van der Waals surface area contributed by atoms with E-state index in [1.165, 1.54) is 7.11 Å². The summed E-state index contributed by atoms with van der Waals surface area (Å²) in [6, 6.07) is 8.24. The molecule has 2 rings (SSSR count). The predicted octanol–water partition coefficient (Wildman–Crippen LogP) is 1.86. The van der Waals surface area contributed by atoms with Crippen molar-refractivity contribution in [3.05, 3.63) is 45.8 Å². The predicted molar refractivity (Wildman–Crippen MR) is 105 cm³/mol. The van der Waals surface area contributed by atoms with Gasteiger partial charge in [0.15, 0.2) is 0 Å². The highest BCUT2D eigenvalue weighted by Crippen LogP contribution is 2.31. The molecule has 0 atom stereocenters. The van der Waals surface area contributed by atoms with Crippen molar-refractivity contribution in [2.24, 2.45) is 0 Å². The van der Waals surface area contributed by atoms with Gasteiger partial charge in [-0.05, 0) is 31.2 Å². The molecule has 0 spiro atoms. The first-order valence-electron chi connectivity index (χ1n) is 8.47. The van der Waals surface area contributed by atoms with E-state index in [9.17, 15) is 19.6 Å². The van der Waals surface area contributed by atoms with Crippen LogP contribution in [0.4, 0.5) is 5.00 Å². The summed E-state index contributed by atoms with van der Waals surface area (Å²) < 4.78 is 15.0. The SMILES string of the molecule is CCOC(=O)c1sc(N)c(C#N)c1COC(=O)CNC(=O)c1ccc(OC)cc1. The molecule has 0 unspecified atom stereocenters. The number of ether oxygens (including phenoxy) is 3. The van der Waals surface area contributed by atoms with Crippen molar-refractivity contribution in [2.45, 2.75) is 13.5 Å². The Morgan fingerprint density at radius 3 is 2.48 bits per heavy atom. The van der Waals surface area contributed by atoms with E-state index in [0.29, 0.717) is 11.3 Å². The zero-order chi connectivity index (χ0) is 21.4. The Kier molecular flexibility index (Phi) is 7.56. The third-order valence-corrected chi connectivity index (χ3v) is 4.77. The Labute approximate surface area is 171 Å². The van der Waals surface area contributed by atoms with Crippen LogP contribution in [0.5, 0.6) is 5.75 Å². The monoisotopic (exact) mass is 417 g/mol. The van der Waals surface area contributed by atoms with Gasteiger partial charge in [0.2, 0.25) is 0 Å². The van der Waals surface area contributed by atoms with Gasteiger partial charge in [-0.15, -0.1) is 11.3 Å². The molecule has 9 nitrogen and oxygen atoms in total. The first-order chi connectivity index (χ1) is 13.9. The fraction of sp³-hybridized carbons (Fsp3) is 0.263. The van der Waals surface area contributed by atoms with Crippen molar-refractivity contribution < 1.29 is 28.6 Å². The molecule has 0 aliphatic carbocycles. The molecule has 1 aromatic heterocycles. The summed E-state index contributed by atoms with van der Waals surface area (Å²) in [6.45, 7) is 1.06. The van der Waals surface area contributed by atoms with Crippen molar-refractivity contribution >= 4 is 34.2 Å². The summed E-state index contributed by atoms with van der Waals surface area (Å²) in [6.07, 6.45) is 0. The van der Waals surface area contributed by atoms with Crippen LogP contribution >= 0.6 is 11.3 Å². The molecule has 3 N–H and O–H groups in total. The zero-order valence-electron chi connectivity index (χ0n) is 15.8. The lowest BCUT2D eigenvalue weighted by Gasteiger charge is -2.08. The van der Waals surface area contributed by atoms with Crippen LogP contribution in [0, 0.1) is 11.3 Å². The number of carbonyl (C=O) groups excluding carboxylic acids is 3. The fourth-order valence-corrected chi connectivity index (χ4v) is 3.22. The number of nitrogen functional groups attached to an aromatic ring is 1. The van der Waals surface area contributed by atoms with Crippen molar-refractivity contribution in [2.75, 3.05) is 26.0 Å². The normalized spacial score (nSPS) is 9.97. The number of thiophene rings is 1. The average molecular weight is 417 g/mol. The molecule has 0 saturated heterocycles. The minimum Gasteiger partial charge on any atom is -0.497 e. The first kappa shape index (κ1) is 21.7. The lowest BCUT2D eigenvalue weighted by molar-refractivity contribution is -0.143. The average Bonchev–Trinajstić information content (AvgIpc) is 3.06. The van der Waals surface area contributed by atoms with Gasteiger partial charge in [-0.2, -0.15) is 5.26 Å². The van der Waals surface area contributed by atoms with E-state index in [2.05, 4.69) is 5.32 Å². The van der Waals surface area contributed by atoms with Crippen molar-refractivity contribution in [1.29, 1.82) is 5.26 Å². The summed E-state index contributed by atoms with van der Waals surface area (Å²) in [4.78, 5) is 36.2. The molecule has 2 aromatic rings. The number of hydrogen-bond acceptors (Lipinski definition) is 9. The van der Waals surface area contributed by atoms with Gasteiger partial charge in [0.05, 0.1) is 19.3 Å².